The van der Waals surface area contributed by atoms with Crippen LogP contribution in [0.3, 0.4) is 0 Å². The highest BCUT2D eigenvalue weighted by molar-refractivity contribution is 7.89. The van der Waals surface area contributed by atoms with Gasteiger partial charge in [-0.15, -0.1) is 0 Å². The maximum Gasteiger partial charge on any atom is 0.242 e. The Kier molecular flexibility index (Phi) is 6.19. The van der Waals surface area contributed by atoms with Crippen molar-refractivity contribution >= 4 is 33.0 Å². The van der Waals surface area contributed by atoms with E-state index in [4.69, 9.17) is 12.2 Å². The number of nitrogens with zero attached hydrogens (tertiary/aromatic N) is 2. The van der Waals surface area contributed by atoms with Crippen LogP contribution >= 0.6 is 12.2 Å². The van der Waals surface area contributed by atoms with Gasteiger partial charge in [0.15, 0.2) is 5.11 Å². The van der Waals surface area contributed by atoms with E-state index in [1.807, 2.05) is 0 Å². The van der Waals surface area contributed by atoms with Crippen LogP contribution in [0.1, 0.15) is 33.1 Å². The number of rotatable bonds is 4. The molecule has 8 heteroatoms. The number of hydrogen-bond acceptors (Lipinski definition) is 4. The maximum atomic E-state index is 12.2. The summed E-state index contributed by atoms with van der Waals surface area (Å²) in [6.45, 7) is 4.35. The first-order valence-corrected chi connectivity index (χ1v) is 9.95. The Labute approximate surface area is 150 Å². The van der Waals surface area contributed by atoms with Crippen LogP contribution in [-0.4, -0.2) is 49.0 Å². The molecular formula is C16H26N4O2S2. The van der Waals surface area contributed by atoms with Crippen LogP contribution in [0.2, 0.25) is 0 Å². The molecule has 0 saturated carbocycles. The molecular weight excluding hydrogens is 344 g/mol. The molecule has 0 unspecified atom stereocenters. The molecule has 0 radical (unpaired) electrons. The number of thiocarbonyl (C=S) groups is 1. The molecule has 0 spiro atoms. The highest BCUT2D eigenvalue weighted by atomic mass is 32.2. The first kappa shape index (κ1) is 19.1. The summed E-state index contributed by atoms with van der Waals surface area (Å²) in [4.78, 5) is 0.236. The van der Waals surface area contributed by atoms with Gasteiger partial charge < -0.3 is 5.32 Å². The van der Waals surface area contributed by atoms with Crippen molar-refractivity contribution in [2.45, 2.75) is 50.1 Å². The van der Waals surface area contributed by atoms with Gasteiger partial charge in [-0.3, -0.25) is 5.43 Å². The summed E-state index contributed by atoms with van der Waals surface area (Å²) in [7, 11) is -0.431. The number of benzene rings is 1. The van der Waals surface area contributed by atoms with Crippen molar-refractivity contribution in [3.05, 3.63) is 24.3 Å². The van der Waals surface area contributed by atoms with E-state index in [0.29, 0.717) is 22.9 Å². The highest BCUT2D eigenvalue weighted by Crippen LogP contribution is 2.21. The third kappa shape index (κ3) is 4.44. The summed E-state index contributed by atoms with van der Waals surface area (Å²) in [5, 5.41) is 5.71. The van der Waals surface area contributed by atoms with Crippen LogP contribution in [0.25, 0.3) is 0 Å². The van der Waals surface area contributed by atoms with Gasteiger partial charge >= 0.3 is 0 Å². The minimum absolute atomic E-state index is 0.236. The largest absolute Gasteiger partial charge is 0.332 e. The molecule has 1 aliphatic rings. The molecule has 1 heterocycles. The lowest BCUT2D eigenvalue weighted by molar-refractivity contribution is 0.0750. The zero-order valence-corrected chi connectivity index (χ0v) is 16.2. The molecule has 0 bridgehead atoms. The fourth-order valence-corrected chi connectivity index (χ4v) is 4.03. The van der Waals surface area contributed by atoms with E-state index in [-0.39, 0.29) is 4.90 Å². The fraction of sp³-hybridized carbons (Fsp3) is 0.562. The molecule has 0 amide bonds. The number of sulfonamides is 1. The molecule has 0 aliphatic carbocycles. The maximum absolute atomic E-state index is 12.2. The van der Waals surface area contributed by atoms with Gasteiger partial charge in [-0.05, 0) is 57.1 Å². The van der Waals surface area contributed by atoms with Crippen LogP contribution in [-0.2, 0) is 10.0 Å². The van der Waals surface area contributed by atoms with Crippen LogP contribution < -0.4 is 10.7 Å². The summed E-state index contributed by atoms with van der Waals surface area (Å²) >= 11 is 5.39. The predicted molar refractivity (Wildman–Crippen MR) is 101 cm³/mol. The van der Waals surface area contributed by atoms with Gasteiger partial charge in [-0.1, -0.05) is 12.5 Å². The van der Waals surface area contributed by atoms with Gasteiger partial charge in [-0.25, -0.2) is 17.7 Å². The van der Waals surface area contributed by atoms with E-state index < -0.39 is 10.0 Å². The van der Waals surface area contributed by atoms with Gasteiger partial charge in [-0.2, -0.15) is 0 Å². The van der Waals surface area contributed by atoms with Crippen molar-refractivity contribution in [3.8, 4) is 0 Å². The lowest BCUT2D eigenvalue weighted by Crippen LogP contribution is -2.55. The third-order valence-corrected chi connectivity index (χ3v) is 6.30. The Morgan fingerprint density at radius 2 is 1.88 bits per heavy atom. The quantitative estimate of drug-likeness (QED) is 0.794. The molecule has 1 aromatic rings. The van der Waals surface area contributed by atoms with Crippen molar-refractivity contribution < 1.29 is 8.42 Å². The summed E-state index contributed by atoms with van der Waals surface area (Å²) in [5.74, 6) is 0. The third-order valence-electron chi connectivity index (χ3n) is 4.29. The molecule has 1 aromatic carbocycles. The summed E-state index contributed by atoms with van der Waals surface area (Å²) in [6, 6.07) is 7.49. The van der Waals surface area contributed by atoms with Gasteiger partial charge in [0.05, 0.1) is 4.90 Å². The molecule has 2 rings (SSSR count). The Bertz CT molecular complexity index is 681. The van der Waals surface area contributed by atoms with Crippen molar-refractivity contribution in [2.75, 3.05) is 19.4 Å². The van der Waals surface area contributed by atoms with E-state index in [9.17, 15) is 8.42 Å². The number of piperidine rings is 1. The average Bonchev–Trinajstić information content (AvgIpc) is 2.51. The van der Waals surface area contributed by atoms with Gasteiger partial charge in [0.25, 0.3) is 0 Å². The van der Waals surface area contributed by atoms with E-state index in [1.54, 1.807) is 24.3 Å². The molecule has 1 fully saturated rings. The predicted octanol–water partition coefficient (Wildman–Crippen LogP) is 2.40. The number of anilines is 1. The van der Waals surface area contributed by atoms with Crippen LogP contribution in [0.15, 0.2) is 29.2 Å². The second kappa shape index (κ2) is 7.77. The zero-order valence-electron chi connectivity index (χ0n) is 14.6. The summed E-state index contributed by atoms with van der Waals surface area (Å²) < 4.78 is 25.6. The minimum atomic E-state index is -3.46. The number of nitrogens with one attached hydrogen (secondary N) is 2. The second-order valence-corrected chi connectivity index (χ2v) is 8.98. The average molecular weight is 371 g/mol. The number of hydrazine groups is 1. The van der Waals surface area contributed by atoms with Gasteiger partial charge in [0, 0.05) is 31.9 Å². The van der Waals surface area contributed by atoms with Crippen LogP contribution in [0.4, 0.5) is 5.69 Å². The van der Waals surface area contributed by atoms with E-state index in [0.717, 1.165) is 12.8 Å². The summed E-state index contributed by atoms with van der Waals surface area (Å²) in [6.07, 6.45) is 3.50. The Morgan fingerprint density at radius 1 is 1.25 bits per heavy atom. The molecule has 134 valence electrons. The topological polar surface area (TPSA) is 64.7 Å². The van der Waals surface area contributed by atoms with E-state index in [1.165, 1.54) is 24.8 Å². The van der Waals surface area contributed by atoms with Gasteiger partial charge in [0.2, 0.25) is 10.0 Å². The second-order valence-electron chi connectivity index (χ2n) is 6.42. The lowest BCUT2D eigenvalue weighted by atomic mass is 10.00. The normalized spacial score (nSPS) is 22.4. The zero-order chi connectivity index (χ0) is 17.9. The monoisotopic (exact) mass is 370 g/mol. The standard InChI is InChI=1S/C16H26N4O2S2/c1-12-7-5-8-13(2)20(12)18-16(23)17-14-9-6-10-15(11-14)24(21,22)19(3)4/h6,9-13H,5,7-8H2,1-4H3,(H2,17,18,23)/t12-,13-/m1/s1. The Balaban J connectivity index is 2.07. The van der Waals surface area contributed by atoms with Crippen molar-refractivity contribution in [2.24, 2.45) is 0 Å². The Hall–Kier alpha value is -1.22. The van der Waals surface area contributed by atoms with E-state index >= 15 is 0 Å². The van der Waals surface area contributed by atoms with Crippen molar-refractivity contribution in [1.82, 2.24) is 14.7 Å². The highest BCUT2D eigenvalue weighted by Gasteiger charge is 2.25. The summed E-state index contributed by atoms with van der Waals surface area (Å²) in [5.41, 5.74) is 3.89. The smallest absolute Gasteiger partial charge is 0.242 e. The van der Waals surface area contributed by atoms with Crippen molar-refractivity contribution in [1.29, 1.82) is 0 Å². The van der Waals surface area contributed by atoms with Gasteiger partial charge in [0.1, 0.15) is 0 Å². The first-order valence-electron chi connectivity index (χ1n) is 8.10. The minimum Gasteiger partial charge on any atom is -0.332 e. The molecule has 2 N–H and O–H groups in total. The van der Waals surface area contributed by atoms with Crippen LogP contribution in [0.5, 0.6) is 0 Å². The molecule has 6 nitrogen and oxygen atoms in total. The van der Waals surface area contributed by atoms with E-state index in [2.05, 4.69) is 29.6 Å². The SMILES string of the molecule is C[C@@H]1CCC[C@@H](C)N1NC(=S)Nc1cccc(S(=O)(=O)N(C)C)c1. The van der Waals surface area contributed by atoms with Crippen molar-refractivity contribution in [3.63, 3.8) is 0 Å². The molecule has 24 heavy (non-hydrogen) atoms. The molecule has 1 aliphatic heterocycles. The molecule has 2 atom stereocenters. The number of hydrogen-bond donors (Lipinski definition) is 2. The Morgan fingerprint density at radius 3 is 2.46 bits per heavy atom. The molecule has 0 aromatic heterocycles. The first-order chi connectivity index (χ1) is 11.2. The molecule has 1 saturated heterocycles. The fourth-order valence-electron chi connectivity index (χ4n) is 2.86. The lowest BCUT2D eigenvalue weighted by Gasteiger charge is -2.39. The van der Waals surface area contributed by atoms with Crippen LogP contribution in [0, 0.1) is 0 Å².